The van der Waals surface area contributed by atoms with Crippen LogP contribution in [0.1, 0.15) is 47.2 Å². The van der Waals surface area contributed by atoms with Gasteiger partial charge in [0.25, 0.3) is 0 Å². The predicted octanol–water partition coefficient (Wildman–Crippen LogP) is 23.6. The molecular weight excluding hydrogens is 1080 g/mol. The normalized spacial score (nSPS) is 13.2. The SMILES string of the molecule is CC1(C)c2ccc(-c3cccc(-c4ccc(N(c5ccc(-c6ccccc6)cc5)c5ccc(-c6ccccc6)cc5)cc4)c3)cc2-c2ccc(N(c3ccc(-c4ccccc4)cc3)c3cccc4c3C3(c5ccccc5-c5ccccc53)c3ccccc3-4)cc21. The number of anilines is 6. The highest BCUT2D eigenvalue weighted by atomic mass is 15.2. The van der Waals surface area contributed by atoms with Crippen LogP contribution < -0.4 is 9.80 Å². The quantitative estimate of drug-likeness (QED) is 0.127. The molecule has 0 saturated carbocycles. The Morgan fingerprint density at radius 2 is 0.533 bits per heavy atom. The van der Waals surface area contributed by atoms with Gasteiger partial charge in [-0.15, -0.1) is 0 Å². The zero-order valence-electron chi connectivity index (χ0n) is 50.2. The van der Waals surface area contributed by atoms with Crippen LogP contribution in [0.3, 0.4) is 0 Å². The molecule has 0 radical (unpaired) electrons. The van der Waals surface area contributed by atoms with Gasteiger partial charge in [-0.25, -0.2) is 0 Å². The Balaban J connectivity index is 0.737. The number of nitrogens with zero attached hydrogens (tertiary/aromatic N) is 2. The zero-order chi connectivity index (χ0) is 59.9. The van der Waals surface area contributed by atoms with Gasteiger partial charge in [0, 0.05) is 39.4 Å². The van der Waals surface area contributed by atoms with Crippen LogP contribution in [0.4, 0.5) is 34.1 Å². The van der Waals surface area contributed by atoms with Crippen LogP contribution in [0.25, 0.3) is 89.0 Å². The van der Waals surface area contributed by atoms with E-state index in [0.29, 0.717) is 0 Å². The molecule has 3 aliphatic carbocycles. The molecule has 90 heavy (non-hydrogen) atoms. The fourth-order valence-corrected chi connectivity index (χ4v) is 15.2. The molecular formula is C88H62N2. The van der Waals surface area contributed by atoms with Gasteiger partial charge < -0.3 is 9.80 Å². The van der Waals surface area contributed by atoms with Gasteiger partial charge in [0.2, 0.25) is 0 Å². The summed E-state index contributed by atoms with van der Waals surface area (Å²) in [4.78, 5) is 4.91. The molecule has 2 nitrogen and oxygen atoms in total. The molecule has 2 heteroatoms. The van der Waals surface area contributed by atoms with E-state index in [-0.39, 0.29) is 5.41 Å². The molecule has 14 aromatic carbocycles. The van der Waals surface area contributed by atoms with Gasteiger partial charge in [0.05, 0.1) is 11.1 Å². The number of hydrogen-bond acceptors (Lipinski definition) is 2. The topological polar surface area (TPSA) is 6.48 Å². The Hall–Kier alpha value is -11.3. The minimum atomic E-state index is -0.532. The highest BCUT2D eigenvalue weighted by Crippen LogP contribution is 2.65. The van der Waals surface area contributed by atoms with E-state index in [1.54, 1.807) is 0 Å². The molecule has 0 unspecified atom stereocenters. The molecule has 0 saturated heterocycles. The van der Waals surface area contributed by atoms with Crippen LogP contribution >= 0.6 is 0 Å². The summed E-state index contributed by atoms with van der Waals surface area (Å²) in [6, 6.07) is 126. The summed E-state index contributed by atoms with van der Waals surface area (Å²) < 4.78 is 0. The van der Waals surface area contributed by atoms with Crippen LogP contribution in [-0.4, -0.2) is 0 Å². The van der Waals surface area contributed by atoms with E-state index in [1.807, 2.05) is 0 Å². The molecule has 1 spiro atoms. The molecule has 0 aromatic heterocycles. The van der Waals surface area contributed by atoms with Gasteiger partial charge in [-0.2, -0.15) is 0 Å². The van der Waals surface area contributed by atoms with Crippen molar-refractivity contribution in [1.29, 1.82) is 0 Å². The summed E-state index contributed by atoms with van der Waals surface area (Å²) in [6.45, 7) is 4.81. The first-order chi connectivity index (χ1) is 44.4. The van der Waals surface area contributed by atoms with E-state index >= 15 is 0 Å². The summed E-state index contributed by atoms with van der Waals surface area (Å²) >= 11 is 0. The average Bonchev–Trinajstić information content (AvgIpc) is 1.51. The van der Waals surface area contributed by atoms with Gasteiger partial charge in [-0.1, -0.05) is 275 Å². The van der Waals surface area contributed by atoms with Crippen molar-refractivity contribution in [1.82, 2.24) is 0 Å². The fraction of sp³-hybridized carbons (Fsp3) is 0.0455. The van der Waals surface area contributed by atoms with Crippen LogP contribution in [0.15, 0.2) is 340 Å². The number of benzene rings is 14. The first kappa shape index (κ1) is 53.0. The lowest BCUT2D eigenvalue weighted by Gasteiger charge is -2.36. The monoisotopic (exact) mass is 1150 g/mol. The summed E-state index contributed by atoms with van der Waals surface area (Å²) in [6.07, 6.45) is 0. The lowest BCUT2D eigenvalue weighted by atomic mass is 9.70. The second-order valence-electron chi connectivity index (χ2n) is 24.7. The maximum Gasteiger partial charge on any atom is 0.0746 e. The lowest BCUT2D eigenvalue weighted by molar-refractivity contribution is 0.660. The Labute approximate surface area is 527 Å². The molecule has 0 heterocycles. The Bertz CT molecular complexity index is 4900. The summed E-state index contributed by atoms with van der Waals surface area (Å²) in [5.74, 6) is 0. The van der Waals surface area contributed by atoms with Crippen molar-refractivity contribution < 1.29 is 0 Å². The second-order valence-corrected chi connectivity index (χ2v) is 24.7. The Morgan fingerprint density at radius 3 is 1.02 bits per heavy atom. The van der Waals surface area contributed by atoms with Gasteiger partial charge in [-0.3, -0.25) is 0 Å². The average molecular weight is 1150 g/mol. The van der Waals surface area contributed by atoms with E-state index < -0.39 is 5.41 Å². The molecule has 0 bridgehead atoms. The molecule has 0 atom stereocenters. The van der Waals surface area contributed by atoms with E-state index in [4.69, 9.17) is 0 Å². The van der Waals surface area contributed by atoms with Gasteiger partial charge in [-0.05, 0) is 196 Å². The molecule has 17 rings (SSSR count). The second kappa shape index (κ2) is 21.2. The zero-order valence-corrected chi connectivity index (χ0v) is 50.2. The first-order valence-corrected chi connectivity index (χ1v) is 31.4. The first-order valence-electron chi connectivity index (χ1n) is 31.4. The van der Waals surface area contributed by atoms with E-state index in [9.17, 15) is 0 Å². The third kappa shape index (κ3) is 8.47. The molecule has 0 aliphatic heterocycles. The molecule has 0 amide bonds. The van der Waals surface area contributed by atoms with Crippen molar-refractivity contribution in [3.8, 4) is 89.0 Å². The molecule has 0 fully saturated rings. The minimum Gasteiger partial charge on any atom is -0.311 e. The van der Waals surface area contributed by atoms with Crippen LogP contribution in [0, 0.1) is 0 Å². The van der Waals surface area contributed by atoms with Crippen molar-refractivity contribution in [2.24, 2.45) is 0 Å². The van der Waals surface area contributed by atoms with Crippen LogP contribution in [0.2, 0.25) is 0 Å². The van der Waals surface area contributed by atoms with Crippen molar-refractivity contribution in [2.75, 3.05) is 9.80 Å². The molecule has 3 aliphatic rings. The molecule has 424 valence electrons. The van der Waals surface area contributed by atoms with E-state index in [2.05, 4.69) is 363 Å². The number of hydrogen-bond donors (Lipinski definition) is 0. The molecule has 0 N–H and O–H groups in total. The van der Waals surface area contributed by atoms with Crippen molar-refractivity contribution in [2.45, 2.75) is 24.7 Å². The standard InChI is InChI=1S/C88H62N2/c1-87(2)80-55-44-68(67-27-18-26-66(56-67)65-42-49-71(50-43-65)89(69-45-36-62(37-46-69)59-20-6-3-7-21-59)70-47-38-63(39-48-70)60-22-8-4-9-23-60)57-79(80)77-54-53-73(58-84(77)87)90(72-51-40-64(41-52-72)61-24-10-5-11-25-61)85-35-19-31-78-76-30-14-17-34-83(76)88(86(78)85)81-32-15-12-28-74(81)75-29-13-16-33-82(75)88/h3-58H,1-2H3. The third-order valence-corrected chi connectivity index (χ3v) is 19.5. The van der Waals surface area contributed by atoms with Crippen molar-refractivity contribution in [3.05, 3.63) is 373 Å². The number of fused-ring (bicyclic) bond motifs is 13. The fourth-order valence-electron chi connectivity index (χ4n) is 15.2. The maximum atomic E-state index is 2.55. The lowest BCUT2D eigenvalue weighted by Crippen LogP contribution is -2.28. The third-order valence-electron chi connectivity index (χ3n) is 19.5. The summed E-state index contributed by atoms with van der Waals surface area (Å²) in [5, 5.41) is 0. The van der Waals surface area contributed by atoms with Crippen LogP contribution in [0.5, 0.6) is 0 Å². The van der Waals surface area contributed by atoms with Gasteiger partial charge >= 0.3 is 0 Å². The van der Waals surface area contributed by atoms with Crippen molar-refractivity contribution in [3.63, 3.8) is 0 Å². The van der Waals surface area contributed by atoms with E-state index in [0.717, 1.165) is 28.4 Å². The van der Waals surface area contributed by atoms with Gasteiger partial charge in [0.1, 0.15) is 0 Å². The smallest absolute Gasteiger partial charge is 0.0746 e. The highest BCUT2D eigenvalue weighted by molar-refractivity contribution is 6.00. The van der Waals surface area contributed by atoms with Crippen LogP contribution in [-0.2, 0) is 10.8 Å². The molecule has 14 aromatic rings. The predicted molar refractivity (Wildman–Crippen MR) is 377 cm³/mol. The minimum absolute atomic E-state index is 0.271. The summed E-state index contributed by atoms with van der Waals surface area (Å²) in [7, 11) is 0. The summed E-state index contributed by atoms with van der Waals surface area (Å²) in [5.41, 5.74) is 33.5. The van der Waals surface area contributed by atoms with Crippen molar-refractivity contribution >= 4 is 34.1 Å². The van der Waals surface area contributed by atoms with E-state index in [1.165, 1.54) is 128 Å². The Kier molecular flexibility index (Phi) is 12.5. The maximum absolute atomic E-state index is 2.55. The largest absolute Gasteiger partial charge is 0.311 e. The highest BCUT2D eigenvalue weighted by Gasteiger charge is 2.53. The number of rotatable bonds is 11. The van der Waals surface area contributed by atoms with Gasteiger partial charge in [0.15, 0.2) is 0 Å². The Morgan fingerprint density at radius 1 is 0.200 bits per heavy atom.